The van der Waals surface area contributed by atoms with Crippen molar-refractivity contribution in [3.8, 4) is 22.9 Å². The van der Waals surface area contributed by atoms with E-state index in [1.165, 1.54) is 18.2 Å². The van der Waals surface area contributed by atoms with Crippen molar-refractivity contribution in [2.45, 2.75) is 0 Å². The third-order valence-corrected chi connectivity index (χ3v) is 6.15. The highest BCUT2D eigenvalue weighted by atomic mass is 35.5. The van der Waals surface area contributed by atoms with Crippen LogP contribution in [0.2, 0.25) is 5.02 Å². The van der Waals surface area contributed by atoms with Crippen molar-refractivity contribution < 1.29 is 13.9 Å². The standard InChI is InChI=1S/C26H25ClFN7O2/c1-34-7-9-35(10-8-34)20-12-18(27)11-19(13-20)31-26(36)33-24-14-21(5-6-22(24)28)37-25-4-2-3-23(32-25)17-15-29-30-16-17/h2-6,11-16H,7-10H2,1H3,(H,29,30)(H2,31,33,36). The first-order chi connectivity index (χ1) is 17.9. The Balaban J connectivity index is 1.27. The molecule has 3 N–H and O–H groups in total. The Bertz CT molecular complexity index is 1390. The second-order valence-corrected chi connectivity index (χ2v) is 9.10. The highest BCUT2D eigenvalue weighted by molar-refractivity contribution is 6.31. The van der Waals surface area contributed by atoms with Gasteiger partial charge in [-0.3, -0.25) is 5.10 Å². The number of likely N-dealkylation sites (N-methyl/N-ethyl adjacent to an activating group) is 1. The summed E-state index contributed by atoms with van der Waals surface area (Å²) >= 11 is 6.31. The van der Waals surface area contributed by atoms with E-state index >= 15 is 0 Å². The molecular weight excluding hydrogens is 497 g/mol. The largest absolute Gasteiger partial charge is 0.439 e. The molecule has 190 valence electrons. The molecular formula is C26H25ClFN7O2. The van der Waals surface area contributed by atoms with Gasteiger partial charge in [0.1, 0.15) is 11.6 Å². The summed E-state index contributed by atoms with van der Waals surface area (Å²) in [6.07, 6.45) is 3.37. The van der Waals surface area contributed by atoms with Crippen LogP contribution >= 0.6 is 11.6 Å². The van der Waals surface area contributed by atoms with Gasteiger partial charge < -0.3 is 25.2 Å². The van der Waals surface area contributed by atoms with E-state index in [0.29, 0.717) is 28.0 Å². The number of amides is 2. The van der Waals surface area contributed by atoms with Crippen molar-refractivity contribution in [3.05, 3.63) is 77.8 Å². The fourth-order valence-electron chi connectivity index (χ4n) is 3.99. The number of halogens is 2. The van der Waals surface area contributed by atoms with Crippen LogP contribution in [0.3, 0.4) is 0 Å². The number of aromatic nitrogens is 3. The van der Waals surface area contributed by atoms with Crippen LogP contribution in [0, 0.1) is 5.82 Å². The van der Waals surface area contributed by atoms with Gasteiger partial charge in [0.05, 0.1) is 17.6 Å². The van der Waals surface area contributed by atoms with Crippen LogP contribution in [-0.4, -0.2) is 59.3 Å². The number of benzene rings is 2. The van der Waals surface area contributed by atoms with Crippen LogP contribution in [-0.2, 0) is 0 Å². The van der Waals surface area contributed by atoms with Crippen LogP contribution in [0.4, 0.5) is 26.2 Å². The number of H-pyrrole nitrogens is 1. The van der Waals surface area contributed by atoms with Crippen LogP contribution < -0.4 is 20.3 Å². The van der Waals surface area contributed by atoms with E-state index in [1.54, 1.807) is 30.6 Å². The predicted octanol–water partition coefficient (Wildman–Crippen LogP) is 5.45. The molecule has 2 aromatic carbocycles. The van der Waals surface area contributed by atoms with E-state index in [0.717, 1.165) is 37.4 Å². The van der Waals surface area contributed by atoms with Crippen LogP contribution in [0.15, 0.2) is 67.0 Å². The van der Waals surface area contributed by atoms with Crippen LogP contribution in [0.5, 0.6) is 11.6 Å². The summed E-state index contributed by atoms with van der Waals surface area (Å²) < 4.78 is 20.3. The normalized spacial score (nSPS) is 13.9. The number of urea groups is 1. The molecule has 5 rings (SSSR count). The molecule has 9 nitrogen and oxygen atoms in total. The maximum atomic E-state index is 14.5. The second kappa shape index (κ2) is 10.9. The third-order valence-electron chi connectivity index (χ3n) is 5.93. The average Bonchev–Trinajstić information content (AvgIpc) is 3.42. The molecule has 0 radical (unpaired) electrons. The lowest BCUT2D eigenvalue weighted by Crippen LogP contribution is -2.44. The maximum Gasteiger partial charge on any atom is 0.323 e. The van der Waals surface area contributed by atoms with Gasteiger partial charge in [0, 0.05) is 66.5 Å². The van der Waals surface area contributed by atoms with Crippen molar-refractivity contribution >= 4 is 34.7 Å². The van der Waals surface area contributed by atoms with Gasteiger partial charge in [-0.25, -0.2) is 14.2 Å². The molecule has 0 unspecified atom stereocenters. The Morgan fingerprint density at radius 2 is 1.92 bits per heavy atom. The zero-order chi connectivity index (χ0) is 25.8. The van der Waals surface area contributed by atoms with E-state index in [-0.39, 0.29) is 5.69 Å². The summed E-state index contributed by atoms with van der Waals surface area (Å²) in [6, 6.07) is 14.1. The second-order valence-electron chi connectivity index (χ2n) is 8.66. The number of hydrogen-bond acceptors (Lipinski definition) is 6. The topological polar surface area (TPSA) is 98.4 Å². The van der Waals surface area contributed by atoms with Gasteiger partial charge in [-0.05, 0) is 43.4 Å². The molecule has 1 aliphatic heterocycles. The van der Waals surface area contributed by atoms with Crippen molar-refractivity contribution in [1.82, 2.24) is 20.1 Å². The smallest absolute Gasteiger partial charge is 0.323 e. The molecule has 0 spiro atoms. The molecule has 1 fully saturated rings. The SMILES string of the molecule is CN1CCN(c2cc(Cl)cc(NC(=O)Nc3cc(Oc4cccc(-c5cn[nH]c5)n4)ccc3F)c2)CC1. The molecule has 37 heavy (non-hydrogen) atoms. The summed E-state index contributed by atoms with van der Waals surface area (Å²) in [6.45, 7) is 3.60. The molecule has 1 aliphatic rings. The number of aromatic amines is 1. The lowest BCUT2D eigenvalue weighted by Gasteiger charge is -2.34. The maximum absolute atomic E-state index is 14.5. The van der Waals surface area contributed by atoms with E-state index < -0.39 is 11.8 Å². The number of ether oxygens (including phenoxy) is 1. The number of anilines is 3. The van der Waals surface area contributed by atoms with Gasteiger partial charge in [0.2, 0.25) is 5.88 Å². The number of rotatable bonds is 6. The fraction of sp³-hybridized carbons (Fsp3) is 0.192. The zero-order valence-electron chi connectivity index (χ0n) is 20.0. The molecule has 1 saturated heterocycles. The lowest BCUT2D eigenvalue weighted by molar-refractivity contribution is 0.262. The van der Waals surface area contributed by atoms with Gasteiger partial charge >= 0.3 is 6.03 Å². The van der Waals surface area contributed by atoms with Gasteiger partial charge in [0.25, 0.3) is 0 Å². The minimum absolute atomic E-state index is 0.0395. The monoisotopic (exact) mass is 521 g/mol. The zero-order valence-corrected chi connectivity index (χ0v) is 20.8. The number of nitrogens with one attached hydrogen (secondary N) is 3. The highest BCUT2D eigenvalue weighted by Crippen LogP contribution is 2.29. The molecule has 2 aromatic heterocycles. The summed E-state index contributed by atoms with van der Waals surface area (Å²) in [5.74, 6) is 0.0246. The minimum atomic E-state index is -0.609. The first-order valence-electron chi connectivity index (χ1n) is 11.7. The molecule has 0 saturated carbocycles. The van der Waals surface area contributed by atoms with Gasteiger partial charge in [0.15, 0.2) is 0 Å². The van der Waals surface area contributed by atoms with E-state index in [9.17, 15) is 9.18 Å². The fourth-order valence-corrected chi connectivity index (χ4v) is 4.22. The number of carbonyl (C=O) groups is 1. The van der Waals surface area contributed by atoms with E-state index in [1.807, 2.05) is 18.2 Å². The number of pyridine rings is 1. The molecule has 0 aliphatic carbocycles. The summed E-state index contributed by atoms with van der Waals surface area (Å²) in [4.78, 5) is 21.6. The first kappa shape index (κ1) is 24.5. The molecule has 0 atom stereocenters. The van der Waals surface area contributed by atoms with E-state index in [2.05, 4.69) is 42.7 Å². The average molecular weight is 522 g/mol. The number of nitrogens with zero attached hydrogens (tertiary/aromatic N) is 4. The predicted molar refractivity (Wildman–Crippen MR) is 142 cm³/mol. The van der Waals surface area contributed by atoms with Crippen LogP contribution in [0.1, 0.15) is 0 Å². The quantitative estimate of drug-likeness (QED) is 0.312. The summed E-state index contributed by atoms with van der Waals surface area (Å²) in [7, 11) is 2.08. The Morgan fingerprint density at radius 1 is 1.08 bits per heavy atom. The van der Waals surface area contributed by atoms with Gasteiger partial charge in [-0.1, -0.05) is 17.7 Å². The first-order valence-corrected chi connectivity index (χ1v) is 12.1. The molecule has 2 amide bonds. The Morgan fingerprint density at radius 3 is 2.70 bits per heavy atom. The van der Waals surface area contributed by atoms with Gasteiger partial charge in [-0.2, -0.15) is 5.10 Å². The van der Waals surface area contributed by atoms with Crippen molar-refractivity contribution in [2.75, 3.05) is 48.8 Å². The van der Waals surface area contributed by atoms with Gasteiger partial charge in [-0.15, -0.1) is 0 Å². The Labute approximate surface area is 218 Å². The van der Waals surface area contributed by atoms with Crippen LogP contribution in [0.25, 0.3) is 11.3 Å². The minimum Gasteiger partial charge on any atom is -0.439 e. The highest BCUT2D eigenvalue weighted by Gasteiger charge is 2.16. The summed E-state index contributed by atoms with van der Waals surface area (Å²) in [5.41, 5.74) is 2.86. The lowest BCUT2D eigenvalue weighted by atomic mass is 10.2. The number of piperazine rings is 1. The molecule has 11 heteroatoms. The van der Waals surface area contributed by atoms with Crippen molar-refractivity contribution in [2.24, 2.45) is 0 Å². The molecule has 3 heterocycles. The summed E-state index contributed by atoms with van der Waals surface area (Å²) in [5, 5.41) is 12.4. The number of hydrogen-bond donors (Lipinski definition) is 3. The Kier molecular flexibility index (Phi) is 7.20. The number of carbonyl (C=O) groups excluding carboxylic acids is 1. The Hall–Kier alpha value is -4.15. The molecule has 0 bridgehead atoms. The van der Waals surface area contributed by atoms with E-state index in [4.69, 9.17) is 16.3 Å². The molecule has 4 aromatic rings. The third kappa shape index (κ3) is 6.16. The van der Waals surface area contributed by atoms with Crippen molar-refractivity contribution in [3.63, 3.8) is 0 Å². The van der Waals surface area contributed by atoms with Crippen molar-refractivity contribution in [1.29, 1.82) is 0 Å².